The Morgan fingerprint density at radius 2 is 1.90 bits per heavy atom. The van der Waals surface area contributed by atoms with E-state index in [0.717, 1.165) is 34.9 Å². The topological polar surface area (TPSA) is 42.0 Å². The standard InChI is InChI=1S/C24H26Cl2N2O/c1-4-5-6-9-15(2)27-24(29)22-16(3)23(18-13-12-17(25)14-20(18)26)28-21-11-8-7-10-19(21)22/h7-8,10-15H,4-6,9H2,1-3H3,(H,27,29). The lowest BCUT2D eigenvalue weighted by molar-refractivity contribution is 0.0939. The summed E-state index contributed by atoms with van der Waals surface area (Å²) in [5, 5.41) is 5.10. The second kappa shape index (κ2) is 9.60. The van der Waals surface area contributed by atoms with E-state index in [1.807, 2.05) is 37.3 Å². The number of fused-ring (bicyclic) bond motifs is 1. The van der Waals surface area contributed by atoms with Crippen LogP contribution in [-0.2, 0) is 0 Å². The van der Waals surface area contributed by atoms with Crippen LogP contribution in [-0.4, -0.2) is 16.9 Å². The minimum Gasteiger partial charge on any atom is -0.350 e. The smallest absolute Gasteiger partial charge is 0.252 e. The van der Waals surface area contributed by atoms with Crippen molar-refractivity contribution in [2.75, 3.05) is 0 Å². The molecule has 3 aromatic rings. The molecule has 1 unspecified atom stereocenters. The number of nitrogens with one attached hydrogen (secondary N) is 1. The maximum atomic E-state index is 13.3. The van der Waals surface area contributed by atoms with E-state index in [2.05, 4.69) is 19.2 Å². The maximum absolute atomic E-state index is 13.3. The second-order valence-electron chi connectivity index (χ2n) is 7.47. The van der Waals surface area contributed by atoms with Crippen molar-refractivity contribution in [2.45, 2.75) is 52.5 Å². The van der Waals surface area contributed by atoms with Gasteiger partial charge in [0, 0.05) is 22.0 Å². The summed E-state index contributed by atoms with van der Waals surface area (Å²) in [5.74, 6) is -0.0727. The average Bonchev–Trinajstić information content (AvgIpc) is 2.68. The lowest BCUT2D eigenvalue weighted by Crippen LogP contribution is -2.33. The molecular formula is C24H26Cl2N2O. The number of carbonyl (C=O) groups excluding carboxylic acids is 1. The number of unbranched alkanes of at least 4 members (excludes halogenated alkanes) is 2. The summed E-state index contributed by atoms with van der Waals surface area (Å²) in [6.45, 7) is 6.17. The van der Waals surface area contributed by atoms with E-state index in [9.17, 15) is 4.79 Å². The molecule has 29 heavy (non-hydrogen) atoms. The molecule has 3 rings (SSSR count). The number of pyridine rings is 1. The Hall–Kier alpha value is -2.10. The molecule has 0 radical (unpaired) electrons. The van der Waals surface area contributed by atoms with Crippen molar-refractivity contribution in [3.05, 3.63) is 63.6 Å². The fourth-order valence-electron chi connectivity index (χ4n) is 3.61. The Kier molecular flexibility index (Phi) is 7.15. The highest BCUT2D eigenvalue weighted by atomic mass is 35.5. The zero-order chi connectivity index (χ0) is 21.0. The van der Waals surface area contributed by atoms with Crippen molar-refractivity contribution in [3.8, 4) is 11.3 Å². The number of amides is 1. The van der Waals surface area contributed by atoms with Gasteiger partial charge in [-0.05, 0) is 50.1 Å². The number of benzene rings is 2. The number of para-hydroxylation sites is 1. The zero-order valence-electron chi connectivity index (χ0n) is 17.1. The van der Waals surface area contributed by atoms with Gasteiger partial charge >= 0.3 is 0 Å². The van der Waals surface area contributed by atoms with Crippen molar-refractivity contribution < 1.29 is 4.79 Å². The molecule has 0 bridgehead atoms. The molecule has 3 nitrogen and oxygen atoms in total. The molecule has 0 aliphatic carbocycles. The Morgan fingerprint density at radius 1 is 1.14 bits per heavy atom. The monoisotopic (exact) mass is 428 g/mol. The molecule has 1 N–H and O–H groups in total. The maximum Gasteiger partial charge on any atom is 0.252 e. The fraction of sp³-hybridized carbons (Fsp3) is 0.333. The number of aromatic nitrogens is 1. The van der Waals surface area contributed by atoms with Crippen molar-refractivity contribution in [3.63, 3.8) is 0 Å². The van der Waals surface area contributed by atoms with Crippen molar-refractivity contribution in [1.29, 1.82) is 0 Å². The predicted molar refractivity (Wildman–Crippen MR) is 123 cm³/mol. The van der Waals surface area contributed by atoms with Crippen LogP contribution >= 0.6 is 23.2 Å². The molecule has 0 aliphatic heterocycles. The van der Waals surface area contributed by atoms with Crippen LogP contribution in [0, 0.1) is 6.92 Å². The first-order valence-electron chi connectivity index (χ1n) is 10.1. The summed E-state index contributed by atoms with van der Waals surface area (Å²) >= 11 is 12.5. The van der Waals surface area contributed by atoms with Gasteiger partial charge in [-0.1, -0.05) is 67.6 Å². The third-order valence-electron chi connectivity index (χ3n) is 5.17. The summed E-state index contributed by atoms with van der Waals surface area (Å²) in [5.41, 5.74) is 3.70. The van der Waals surface area contributed by atoms with Crippen LogP contribution in [0.1, 0.15) is 55.5 Å². The highest BCUT2D eigenvalue weighted by Crippen LogP contribution is 2.35. The molecule has 5 heteroatoms. The van der Waals surface area contributed by atoms with Crippen LogP contribution < -0.4 is 5.32 Å². The van der Waals surface area contributed by atoms with Crippen LogP contribution in [0.15, 0.2) is 42.5 Å². The van der Waals surface area contributed by atoms with Crippen LogP contribution in [0.5, 0.6) is 0 Å². The minimum atomic E-state index is -0.0727. The number of hydrogen-bond donors (Lipinski definition) is 1. The van der Waals surface area contributed by atoms with E-state index in [1.165, 1.54) is 12.8 Å². The van der Waals surface area contributed by atoms with E-state index in [-0.39, 0.29) is 11.9 Å². The highest BCUT2D eigenvalue weighted by molar-refractivity contribution is 6.36. The lowest BCUT2D eigenvalue weighted by Gasteiger charge is -2.18. The summed E-state index contributed by atoms with van der Waals surface area (Å²) in [4.78, 5) is 18.1. The Labute approximate surface area is 182 Å². The minimum absolute atomic E-state index is 0.0727. The number of carbonyl (C=O) groups is 1. The van der Waals surface area contributed by atoms with Gasteiger partial charge in [-0.2, -0.15) is 0 Å². The molecule has 0 saturated carbocycles. The quantitative estimate of drug-likeness (QED) is 0.403. The van der Waals surface area contributed by atoms with Gasteiger partial charge < -0.3 is 5.32 Å². The first-order valence-corrected chi connectivity index (χ1v) is 10.8. The van der Waals surface area contributed by atoms with Gasteiger partial charge in [0.05, 0.1) is 21.8 Å². The largest absolute Gasteiger partial charge is 0.350 e. The van der Waals surface area contributed by atoms with Gasteiger partial charge in [-0.3, -0.25) is 4.79 Å². The van der Waals surface area contributed by atoms with E-state index < -0.39 is 0 Å². The summed E-state index contributed by atoms with van der Waals surface area (Å²) < 4.78 is 0. The third kappa shape index (κ3) is 4.91. The number of nitrogens with zero attached hydrogens (tertiary/aromatic N) is 1. The van der Waals surface area contributed by atoms with Crippen molar-refractivity contribution in [1.82, 2.24) is 10.3 Å². The number of hydrogen-bond acceptors (Lipinski definition) is 2. The summed E-state index contributed by atoms with van der Waals surface area (Å²) in [7, 11) is 0. The van der Waals surface area contributed by atoms with Crippen LogP contribution in [0.4, 0.5) is 0 Å². The molecule has 152 valence electrons. The molecule has 1 heterocycles. The van der Waals surface area contributed by atoms with Crippen molar-refractivity contribution in [2.24, 2.45) is 0 Å². The molecule has 0 spiro atoms. The van der Waals surface area contributed by atoms with E-state index in [0.29, 0.717) is 21.3 Å². The second-order valence-corrected chi connectivity index (χ2v) is 8.32. The lowest BCUT2D eigenvalue weighted by atomic mass is 9.96. The van der Waals surface area contributed by atoms with E-state index in [4.69, 9.17) is 28.2 Å². The molecule has 0 fully saturated rings. The number of halogens is 2. The Bertz CT molecular complexity index is 1030. The zero-order valence-corrected chi connectivity index (χ0v) is 18.6. The van der Waals surface area contributed by atoms with E-state index in [1.54, 1.807) is 12.1 Å². The first-order chi connectivity index (χ1) is 13.9. The van der Waals surface area contributed by atoms with Gasteiger partial charge in [0.2, 0.25) is 0 Å². The van der Waals surface area contributed by atoms with Crippen LogP contribution in [0.2, 0.25) is 10.0 Å². The number of rotatable bonds is 7. The predicted octanol–water partition coefficient (Wildman–Crippen LogP) is 7.22. The van der Waals surface area contributed by atoms with Gasteiger partial charge in [-0.25, -0.2) is 4.98 Å². The Morgan fingerprint density at radius 3 is 2.62 bits per heavy atom. The SMILES string of the molecule is CCCCCC(C)NC(=O)c1c(C)c(-c2ccc(Cl)cc2Cl)nc2ccccc12. The molecule has 1 aromatic heterocycles. The molecule has 0 aliphatic rings. The van der Waals surface area contributed by atoms with Gasteiger partial charge in [-0.15, -0.1) is 0 Å². The normalized spacial score (nSPS) is 12.2. The molecule has 2 aromatic carbocycles. The van der Waals surface area contributed by atoms with Gasteiger partial charge in [0.1, 0.15) is 0 Å². The average molecular weight is 429 g/mol. The van der Waals surface area contributed by atoms with Crippen molar-refractivity contribution >= 4 is 40.0 Å². The van der Waals surface area contributed by atoms with Crippen LogP contribution in [0.3, 0.4) is 0 Å². The van der Waals surface area contributed by atoms with Gasteiger partial charge in [0.15, 0.2) is 0 Å². The summed E-state index contributed by atoms with van der Waals surface area (Å²) in [6, 6.07) is 13.2. The third-order valence-corrected chi connectivity index (χ3v) is 5.72. The summed E-state index contributed by atoms with van der Waals surface area (Å²) in [6.07, 6.45) is 4.42. The highest BCUT2D eigenvalue weighted by Gasteiger charge is 2.21. The molecular weight excluding hydrogens is 403 g/mol. The van der Waals surface area contributed by atoms with Gasteiger partial charge in [0.25, 0.3) is 5.91 Å². The molecule has 1 amide bonds. The van der Waals surface area contributed by atoms with Crippen LogP contribution in [0.25, 0.3) is 22.2 Å². The molecule has 1 atom stereocenters. The first kappa shape index (κ1) is 21.6. The Balaban J connectivity index is 2.06. The molecule has 0 saturated heterocycles. The fourth-order valence-corrected chi connectivity index (χ4v) is 4.11. The van der Waals surface area contributed by atoms with E-state index >= 15 is 0 Å².